The average Bonchev–Trinajstić information content (AvgIpc) is 2.73. The van der Waals surface area contributed by atoms with Crippen LogP contribution in [0.3, 0.4) is 0 Å². The molecule has 0 spiro atoms. The fraction of sp³-hybridized carbons (Fsp3) is 1.00. The van der Waals surface area contributed by atoms with Crippen molar-refractivity contribution >= 4 is 23.9 Å². The van der Waals surface area contributed by atoms with E-state index < -0.39 is 8.07 Å². The predicted octanol–water partition coefficient (Wildman–Crippen LogP) is 4.32. The topological polar surface area (TPSA) is 0 Å². The zero-order chi connectivity index (χ0) is 11.1. The SMILES string of the molecule is CP1CCC[C@@H]1[Si](C)(C)[C@H]1CCCP1C. The van der Waals surface area contributed by atoms with Gasteiger partial charge in [0.2, 0.25) is 0 Å². The first-order valence-corrected chi connectivity index (χ1v) is 13.7. The molecule has 2 rings (SSSR count). The Balaban J connectivity index is 2.10. The highest BCUT2D eigenvalue weighted by Crippen LogP contribution is 2.58. The summed E-state index contributed by atoms with van der Waals surface area (Å²) >= 11 is 0. The zero-order valence-corrected chi connectivity index (χ0v) is 13.6. The summed E-state index contributed by atoms with van der Waals surface area (Å²) in [6, 6.07) is 0. The van der Waals surface area contributed by atoms with Gasteiger partial charge in [-0.25, -0.2) is 0 Å². The third-order valence-electron chi connectivity index (χ3n) is 4.76. The van der Waals surface area contributed by atoms with Gasteiger partial charge in [-0.05, 0) is 61.9 Å². The van der Waals surface area contributed by atoms with E-state index in [9.17, 15) is 0 Å². The smallest absolute Gasteiger partial charge is 0.0623 e. The Bertz CT molecular complexity index is 208. The van der Waals surface area contributed by atoms with Gasteiger partial charge in [-0.3, -0.25) is 0 Å². The lowest BCUT2D eigenvalue weighted by molar-refractivity contribution is 0.855. The number of rotatable bonds is 2. The summed E-state index contributed by atoms with van der Waals surface area (Å²) in [5.74, 6) is 0. The van der Waals surface area contributed by atoms with Crippen LogP contribution in [-0.2, 0) is 0 Å². The Morgan fingerprint density at radius 2 is 1.27 bits per heavy atom. The Morgan fingerprint density at radius 1 is 0.867 bits per heavy atom. The van der Waals surface area contributed by atoms with Crippen LogP contribution >= 0.6 is 15.8 Å². The van der Waals surface area contributed by atoms with E-state index in [0.717, 1.165) is 0 Å². The van der Waals surface area contributed by atoms with Crippen LogP contribution in [0.15, 0.2) is 0 Å². The Labute approximate surface area is 99.1 Å². The number of hydrogen-bond acceptors (Lipinski definition) is 0. The third-order valence-corrected chi connectivity index (χ3v) is 20.1. The van der Waals surface area contributed by atoms with Gasteiger partial charge in [0, 0.05) is 0 Å². The molecule has 2 aliphatic heterocycles. The highest BCUT2D eigenvalue weighted by molar-refractivity contribution is 7.65. The summed E-state index contributed by atoms with van der Waals surface area (Å²) in [7, 11) is -0.0648. The van der Waals surface area contributed by atoms with Gasteiger partial charge < -0.3 is 0 Å². The zero-order valence-electron chi connectivity index (χ0n) is 10.8. The molecule has 0 amide bonds. The summed E-state index contributed by atoms with van der Waals surface area (Å²) in [5, 5.41) is 2.45. The van der Waals surface area contributed by atoms with Gasteiger partial charge in [0.15, 0.2) is 0 Å². The summed E-state index contributed by atoms with van der Waals surface area (Å²) in [6.45, 7) is 10.6. The van der Waals surface area contributed by atoms with Crippen molar-refractivity contribution in [1.82, 2.24) is 0 Å². The first kappa shape index (κ1) is 12.5. The van der Waals surface area contributed by atoms with E-state index in [4.69, 9.17) is 0 Å². The standard InChI is InChI=1S/C12H26P2Si/c1-13-9-5-7-11(13)15(3,4)12-8-6-10-14(12)2/h11-12H,5-10H2,1-4H3/t11-,12-,13?,14?/m0/s1. The molecular formula is C12H26P2Si. The molecule has 2 heterocycles. The molecule has 0 saturated carbocycles. The quantitative estimate of drug-likeness (QED) is 0.512. The van der Waals surface area contributed by atoms with Crippen molar-refractivity contribution in [2.45, 2.75) is 49.3 Å². The molecule has 2 fully saturated rings. The molecule has 0 aromatic carbocycles. The Kier molecular flexibility index (Phi) is 3.97. The van der Waals surface area contributed by atoms with Crippen LogP contribution in [0.1, 0.15) is 25.7 Å². The van der Waals surface area contributed by atoms with E-state index in [1.165, 1.54) is 10.6 Å². The van der Waals surface area contributed by atoms with Crippen molar-refractivity contribution < 1.29 is 0 Å². The second-order valence-electron chi connectivity index (χ2n) is 6.10. The van der Waals surface area contributed by atoms with Gasteiger partial charge in [-0.2, -0.15) is 0 Å². The maximum absolute atomic E-state index is 2.73. The minimum absolute atomic E-state index is 0.420. The lowest BCUT2D eigenvalue weighted by Crippen LogP contribution is -2.48. The molecule has 3 heteroatoms. The van der Waals surface area contributed by atoms with Crippen LogP contribution in [0.25, 0.3) is 0 Å². The molecule has 2 saturated heterocycles. The monoisotopic (exact) mass is 260 g/mol. The van der Waals surface area contributed by atoms with E-state index in [1.807, 2.05) is 0 Å². The second kappa shape index (κ2) is 4.75. The molecule has 0 aromatic rings. The van der Waals surface area contributed by atoms with E-state index in [-0.39, 0.29) is 0 Å². The minimum atomic E-state index is -0.906. The van der Waals surface area contributed by atoms with Gasteiger partial charge >= 0.3 is 0 Å². The van der Waals surface area contributed by atoms with E-state index in [0.29, 0.717) is 15.8 Å². The van der Waals surface area contributed by atoms with Gasteiger partial charge in [0.25, 0.3) is 0 Å². The molecule has 0 aliphatic carbocycles. The fourth-order valence-corrected chi connectivity index (χ4v) is 20.8. The van der Waals surface area contributed by atoms with Crippen molar-refractivity contribution in [1.29, 1.82) is 0 Å². The van der Waals surface area contributed by atoms with Gasteiger partial charge in [-0.15, -0.1) is 15.8 Å². The largest absolute Gasteiger partial charge is 0.109 e. The lowest BCUT2D eigenvalue weighted by atomic mass is 10.4. The highest BCUT2D eigenvalue weighted by atomic mass is 31.1. The van der Waals surface area contributed by atoms with Gasteiger partial charge in [0.05, 0.1) is 8.07 Å². The molecule has 2 aliphatic rings. The van der Waals surface area contributed by atoms with Gasteiger partial charge in [-0.1, -0.05) is 13.1 Å². The van der Waals surface area contributed by atoms with Crippen LogP contribution in [0.5, 0.6) is 0 Å². The molecule has 0 N–H and O–H groups in total. The van der Waals surface area contributed by atoms with E-state index in [2.05, 4.69) is 26.4 Å². The molecular weight excluding hydrogens is 234 g/mol. The van der Waals surface area contributed by atoms with E-state index in [1.54, 1.807) is 38.0 Å². The molecule has 0 radical (unpaired) electrons. The molecule has 88 valence electrons. The Morgan fingerprint density at radius 3 is 1.53 bits per heavy atom. The summed E-state index contributed by atoms with van der Waals surface area (Å²) in [5.41, 5.74) is 0. The van der Waals surface area contributed by atoms with E-state index >= 15 is 0 Å². The third kappa shape index (κ3) is 2.36. The molecule has 0 aromatic heterocycles. The fourth-order valence-electron chi connectivity index (χ4n) is 3.92. The van der Waals surface area contributed by atoms with Crippen molar-refractivity contribution in [3.05, 3.63) is 0 Å². The number of hydrogen-bond donors (Lipinski definition) is 0. The second-order valence-corrected chi connectivity index (χ2v) is 17.3. The average molecular weight is 260 g/mol. The maximum atomic E-state index is 2.73. The molecule has 2 unspecified atom stereocenters. The molecule has 4 atom stereocenters. The summed E-state index contributed by atoms with van der Waals surface area (Å²) < 4.78 is 0. The van der Waals surface area contributed by atoms with Crippen molar-refractivity contribution in [2.24, 2.45) is 0 Å². The van der Waals surface area contributed by atoms with Gasteiger partial charge in [0.1, 0.15) is 0 Å². The van der Waals surface area contributed by atoms with Crippen molar-refractivity contribution in [3.63, 3.8) is 0 Å². The van der Waals surface area contributed by atoms with Crippen LogP contribution in [0.2, 0.25) is 13.1 Å². The first-order chi connectivity index (χ1) is 7.03. The lowest BCUT2D eigenvalue weighted by Gasteiger charge is -2.40. The van der Waals surface area contributed by atoms with Crippen molar-refractivity contribution in [3.8, 4) is 0 Å². The van der Waals surface area contributed by atoms with Crippen LogP contribution in [-0.4, -0.2) is 44.3 Å². The normalized spacial score (nSPS) is 42.4. The first-order valence-electron chi connectivity index (χ1n) is 6.44. The Hall–Kier alpha value is 1.08. The molecule has 0 nitrogen and oxygen atoms in total. The minimum Gasteiger partial charge on any atom is -0.109 e. The van der Waals surface area contributed by atoms with Crippen molar-refractivity contribution in [2.75, 3.05) is 25.7 Å². The highest BCUT2D eigenvalue weighted by Gasteiger charge is 2.46. The van der Waals surface area contributed by atoms with Crippen LogP contribution in [0.4, 0.5) is 0 Å². The molecule has 0 bridgehead atoms. The maximum Gasteiger partial charge on any atom is 0.0623 e. The predicted molar refractivity (Wildman–Crippen MR) is 78.9 cm³/mol. The van der Waals surface area contributed by atoms with Crippen LogP contribution < -0.4 is 0 Å². The van der Waals surface area contributed by atoms with Crippen LogP contribution in [0, 0.1) is 0 Å². The molecule has 15 heavy (non-hydrogen) atoms. The summed E-state index contributed by atoms with van der Waals surface area (Å²) in [4.78, 5) is 0. The summed E-state index contributed by atoms with van der Waals surface area (Å²) in [6.07, 6.45) is 9.48.